The van der Waals surface area contributed by atoms with Crippen molar-refractivity contribution in [3.8, 4) is 5.75 Å². The van der Waals surface area contributed by atoms with Crippen molar-refractivity contribution >= 4 is 22.5 Å². The molecule has 26 heavy (non-hydrogen) atoms. The molecule has 3 aromatic rings. The van der Waals surface area contributed by atoms with E-state index in [1.165, 1.54) is 6.07 Å². The Balaban J connectivity index is 1.73. The maximum atomic E-state index is 14.6. The molecule has 1 N–H and O–H groups in total. The van der Waals surface area contributed by atoms with Crippen molar-refractivity contribution in [3.63, 3.8) is 0 Å². The summed E-state index contributed by atoms with van der Waals surface area (Å²) in [5.74, 6) is -0.779. The summed E-state index contributed by atoms with van der Waals surface area (Å²) in [6.45, 7) is 2.55. The average Bonchev–Trinajstić information content (AvgIpc) is 2.67. The van der Waals surface area contributed by atoms with Crippen molar-refractivity contribution in [2.45, 2.75) is 26.2 Å². The number of ether oxygens (including phenoxy) is 1. The number of carbonyl (C=O) groups is 1. The number of pyridine rings is 1. The van der Waals surface area contributed by atoms with Gasteiger partial charge in [0.15, 0.2) is 11.6 Å². The summed E-state index contributed by atoms with van der Waals surface area (Å²) in [6.07, 6.45) is 4.68. The third-order valence-electron chi connectivity index (χ3n) is 4.08. The van der Waals surface area contributed by atoms with Crippen LogP contribution in [0.2, 0.25) is 0 Å². The number of anilines is 1. The zero-order valence-electron chi connectivity index (χ0n) is 14.7. The summed E-state index contributed by atoms with van der Waals surface area (Å²) >= 11 is 0. The molecule has 1 heterocycles. The minimum absolute atomic E-state index is 0.106. The number of hydrogen-bond acceptors (Lipinski definition) is 3. The first kappa shape index (κ1) is 17.9. The largest absolute Gasteiger partial charge is 0.490 e. The molecule has 0 spiro atoms. The molecule has 0 aliphatic heterocycles. The Labute approximate surface area is 152 Å². The van der Waals surface area contributed by atoms with Gasteiger partial charge in [0.2, 0.25) is 0 Å². The van der Waals surface area contributed by atoms with Crippen molar-refractivity contribution < 1.29 is 13.9 Å². The van der Waals surface area contributed by atoms with E-state index in [9.17, 15) is 9.18 Å². The monoisotopic (exact) mass is 352 g/mol. The number of fused-ring (bicyclic) bond motifs is 1. The molecule has 0 atom stereocenters. The summed E-state index contributed by atoms with van der Waals surface area (Å²) in [7, 11) is 0. The highest BCUT2D eigenvalue weighted by Gasteiger charge is 2.13. The second kappa shape index (κ2) is 8.43. The highest BCUT2D eigenvalue weighted by Crippen LogP contribution is 2.25. The number of nitrogens with one attached hydrogen (secondary N) is 1. The number of unbranched alkanes of at least 4 members (excludes halogenated alkanes) is 2. The number of hydrogen-bond donors (Lipinski definition) is 1. The molecule has 0 radical (unpaired) electrons. The predicted molar refractivity (Wildman–Crippen MR) is 101 cm³/mol. The van der Waals surface area contributed by atoms with Gasteiger partial charge < -0.3 is 10.1 Å². The van der Waals surface area contributed by atoms with E-state index in [0.29, 0.717) is 12.2 Å². The summed E-state index contributed by atoms with van der Waals surface area (Å²) in [4.78, 5) is 16.7. The zero-order valence-corrected chi connectivity index (χ0v) is 14.7. The molecule has 0 aliphatic rings. The van der Waals surface area contributed by atoms with Gasteiger partial charge in [-0.1, -0.05) is 31.9 Å². The summed E-state index contributed by atoms with van der Waals surface area (Å²) < 4.78 is 20.1. The van der Waals surface area contributed by atoms with Crippen LogP contribution in [0.4, 0.5) is 10.1 Å². The lowest BCUT2D eigenvalue weighted by Gasteiger charge is -2.11. The predicted octanol–water partition coefficient (Wildman–Crippen LogP) is 5.20. The van der Waals surface area contributed by atoms with E-state index in [1.54, 1.807) is 36.5 Å². The van der Waals surface area contributed by atoms with Gasteiger partial charge in [-0.05, 0) is 42.8 Å². The van der Waals surface area contributed by atoms with Crippen LogP contribution in [0.1, 0.15) is 36.5 Å². The number of amides is 1. The molecule has 5 heteroatoms. The molecule has 1 aromatic heterocycles. The molecule has 0 unspecified atom stereocenters. The average molecular weight is 352 g/mol. The summed E-state index contributed by atoms with van der Waals surface area (Å²) in [6, 6.07) is 13.6. The van der Waals surface area contributed by atoms with E-state index in [-0.39, 0.29) is 17.3 Å². The zero-order chi connectivity index (χ0) is 18.4. The van der Waals surface area contributed by atoms with Crippen LogP contribution in [0.5, 0.6) is 5.75 Å². The van der Waals surface area contributed by atoms with Gasteiger partial charge in [0, 0.05) is 17.1 Å². The van der Waals surface area contributed by atoms with E-state index in [2.05, 4.69) is 17.2 Å². The molecule has 0 aliphatic carbocycles. The van der Waals surface area contributed by atoms with Crippen molar-refractivity contribution in [2.75, 3.05) is 11.9 Å². The third-order valence-corrected chi connectivity index (χ3v) is 4.08. The van der Waals surface area contributed by atoms with E-state index >= 15 is 0 Å². The fraction of sp³-hybridized carbons (Fsp3) is 0.238. The lowest BCUT2D eigenvalue weighted by molar-refractivity contribution is 0.102. The van der Waals surface area contributed by atoms with Gasteiger partial charge >= 0.3 is 0 Å². The maximum absolute atomic E-state index is 14.6. The van der Waals surface area contributed by atoms with Crippen LogP contribution in [0.25, 0.3) is 10.9 Å². The van der Waals surface area contributed by atoms with Gasteiger partial charge in [-0.2, -0.15) is 0 Å². The van der Waals surface area contributed by atoms with Crippen LogP contribution in [0.15, 0.2) is 54.7 Å². The van der Waals surface area contributed by atoms with E-state index in [1.807, 2.05) is 12.1 Å². The van der Waals surface area contributed by atoms with Gasteiger partial charge in [0.1, 0.15) is 0 Å². The fourth-order valence-electron chi connectivity index (χ4n) is 2.66. The molecule has 134 valence electrons. The Morgan fingerprint density at radius 3 is 2.88 bits per heavy atom. The van der Waals surface area contributed by atoms with Crippen molar-refractivity contribution in [3.05, 3.63) is 66.1 Å². The highest BCUT2D eigenvalue weighted by atomic mass is 19.1. The summed E-state index contributed by atoms with van der Waals surface area (Å²) in [5.41, 5.74) is 1.35. The van der Waals surface area contributed by atoms with Gasteiger partial charge in [-0.15, -0.1) is 0 Å². The van der Waals surface area contributed by atoms with Crippen molar-refractivity contribution in [2.24, 2.45) is 0 Å². The van der Waals surface area contributed by atoms with E-state index < -0.39 is 5.82 Å². The Morgan fingerprint density at radius 1 is 1.15 bits per heavy atom. The lowest BCUT2D eigenvalue weighted by atomic mass is 10.1. The fourth-order valence-corrected chi connectivity index (χ4v) is 2.66. The number of aromatic nitrogens is 1. The highest BCUT2D eigenvalue weighted by molar-refractivity contribution is 6.06. The van der Waals surface area contributed by atoms with Crippen LogP contribution in [-0.2, 0) is 0 Å². The molecular weight excluding hydrogens is 331 g/mol. The van der Waals surface area contributed by atoms with Crippen LogP contribution in [0.3, 0.4) is 0 Å². The number of benzene rings is 2. The molecule has 0 saturated heterocycles. The van der Waals surface area contributed by atoms with E-state index in [0.717, 1.165) is 30.2 Å². The Bertz CT molecular complexity index is 911. The first-order valence-electron chi connectivity index (χ1n) is 8.76. The van der Waals surface area contributed by atoms with Gasteiger partial charge in [0.05, 0.1) is 17.8 Å². The molecule has 0 saturated carbocycles. The molecule has 1 amide bonds. The molecule has 2 aromatic carbocycles. The standard InChI is InChI=1S/C21H21FN2O2/c1-2-3-4-13-26-19-9-5-8-18(20(19)22)24-21(25)16-10-11-17-15(14-16)7-6-12-23-17/h5-12,14H,2-4,13H2,1H3,(H,24,25). The molecule has 0 fully saturated rings. The Morgan fingerprint density at radius 2 is 2.04 bits per heavy atom. The molecule has 4 nitrogen and oxygen atoms in total. The van der Waals surface area contributed by atoms with Crippen molar-refractivity contribution in [1.82, 2.24) is 4.98 Å². The molecule has 0 bridgehead atoms. The SMILES string of the molecule is CCCCCOc1cccc(NC(=O)c2ccc3ncccc3c2)c1F. The first-order valence-corrected chi connectivity index (χ1v) is 8.76. The van der Waals surface area contributed by atoms with Crippen LogP contribution in [-0.4, -0.2) is 17.5 Å². The van der Waals surface area contributed by atoms with Crippen LogP contribution in [0, 0.1) is 5.82 Å². The second-order valence-electron chi connectivity index (χ2n) is 6.04. The maximum Gasteiger partial charge on any atom is 0.255 e. The number of halogens is 1. The normalized spacial score (nSPS) is 10.7. The first-order chi connectivity index (χ1) is 12.7. The van der Waals surface area contributed by atoms with Crippen LogP contribution >= 0.6 is 0 Å². The lowest BCUT2D eigenvalue weighted by Crippen LogP contribution is -2.13. The van der Waals surface area contributed by atoms with Crippen LogP contribution < -0.4 is 10.1 Å². The number of rotatable bonds is 7. The van der Waals surface area contributed by atoms with Gasteiger partial charge in [-0.3, -0.25) is 9.78 Å². The topological polar surface area (TPSA) is 51.2 Å². The second-order valence-corrected chi connectivity index (χ2v) is 6.04. The summed E-state index contributed by atoms with van der Waals surface area (Å²) in [5, 5.41) is 3.47. The van der Waals surface area contributed by atoms with Gasteiger partial charge in [-0.25, -0.2) is 4.39 Å². The minimum atomic E-state index is -0.556. The Hall–Kier alpha value is -2.95. The van der Waals surface area contributed by atoms with Gasteiger partial charge in [0.25, 0.3) is 5.91 Å². The number of nitrogens with zero attached hydrogens (tertiary/aromatic N) is 1. The quantitative estimate of drug-likeness (QED) is 0.595. The minimum Gasteiger partial charge on any atom is -0.490 e. The molecular formula is C21H21FN2O2. The van der Waals surface area contributed by atoms with E-state index in [4.69, 9.17) is 4.74 Å². The van der Waals surface area contributed by atoms with Crippen molar-refractivity contribution in [1.29, 1.82) is 0 Å². The Kier molecular flexibility index (Phi) is 5.79. The smallest absolute Gasteiger partial charge is 0.255 e. The number of carbonyl (C=O) groups excluding carboxylic acids is 1. The molecule has 3 rings (SSSR count). The third kappa shape index (κ3) is 4.17.